The van der Waals surface area contributed by atoms with Crippen LogP contribution in [-0.2, 0) is 4.74 Å². The molecule has 0 aliphatic carbocycles. The first-order chi connectivity index (χ1) is 9.33. The van der Waals surface area contributed by atoms with E-state index in [1.165, 1.54) is 0 Å². The molecule has 0 atom stereocenters. The Morgan fingerprint density at radius 2 is 2.26 bits per heavy atom. The quantitative estimate of drug-likeness (QED) is 0.592. The first-order valence-electron chi connectivity index (χ1n) is 6.36. The van der Waals surface area contributed by atoms with Gasteiger partial charge in [0.1, 0.15) is 0 Å². The number of carbonyl (C=O) groups is 1. The number of hydrogen-bond acceptors (Lipinski definition) is 2. The molecule has 1 amide bonds. The summed E-state index contributed by atoms with van der Waals surface area (Å²) in [6, 6.07) is 7.62. The number of para-hydroxylation sites is 1. The number of hydrogen-bond donors (Lipinski definition) is 2. The highest BCUT2D eigenvalue weighted by atomic mass is 16.5. The van der Waals surface area contributed by atoms with Crippen molar-refractivity contribution in [2.75, 3.05) is 19.8 Å². The minimum atomic E-state index is -0.0830. The monoisotopic (exact) mass is 258 g/mol. The van der Waals surface area contributed by atoms with E-state index < -0.39 is 0 Å². The summed E-state index contributed by atoms with van der Waals surface area (Å²) in [5.74, 6) is -0.0830. The van der Waals surface area contributed by atoms with Crippen molar-refractivity contribution in [3.8, 4) is 0 Å². The molecule has 100 valence electrons. The molecule has 0 spiro atoms. The third-order valence-electron chi connectivity index (χ3n) is 2.83. The second-order valence-corrected chi connectivity index (χ2v) is 4.19. The van der Waals surface area contributed by atoms with Gasteiger partial charge >= 0.3 is 0 Å². The molecule has 0 unspecified atom stereocenters. The van der Waals surface area contributed by atoms with E-state index in [9.17, 15) is 4.79 Å². The molecule has 1 aromatic carbocycles. The topological polar surface area (TPSA) is 54.1 Å². The molecule has 0 saturated heterocycles. The summed E-state index contributed by atoms with van der Waals surface area (Å²) in [5.41, 5.74) is 1.53. The minimum Gasteiger partial charge on any atom is -0.379 e. The van der Waals surface area contributed by atoms with Crippen LogP contribution in [0.1, 0.15) is 16.8 Å². The maximum absolute atomic E-state index is 12.0. The van der Waals surface area contributed by atoms with E-state index in [4.69, 9.17) is 4.74 Å². The molecule has 0 aliphatic heterocycles. The molecule has 4 heteroatoms. The SMILES string of the molecule is C=CCCOCCNC(=O)c1cccc2cc[nH]c12. The Morgan fingerprint density at radius 1 is 1.37 bits per heavy atom. The van der Waals surface area contributed by atoms with E-state index in [1.807, 2.05) is 36.5 Å². The van der Waals surface area contributed by atoms with E-state index >= 15 is 0 Å². The van der Waals surface area contributed by atoms with Crippen molar-refractivity contribution in [3.05, 3.63) is 48.7 Å². The van der Waals surface area contributed by atoms with Crippen molar-refractivity contribution in [1.29, 1.82) is 0 Å². The molecule has 0 aliphatic rings. The fourth-order valence-corrected chi connectivity index (χ4v) is 1.87. The number of aromatic nitrogens is 1. The highest BCUT2D eigenvalue weighted by Crippen LogP contribution is 2.16. The maximum Gasteiger partial charge on any atom is 0.253 e. The van der Waals surface area contributed by atoms with Gasteiger partial charge in [0.05, 0.1) is 24.3 Å². The van der Waals surface area contributed by atoms with E-state index in [2.05, 4.69) is 16.9 Å². The Hall–Kier alpha value is -2.07. The highest BCUT2D eigenvalue weighted by molar-refractivity contribution is 6.05. The number of H-pyrrole nitrogens is 1. The highest BCUT2D eigenvalue weighted by Gasteiger charge is 2.09. The van der Waals surface area contributed by atoms with Crippen molar-refractivity contribution in [3.63, 3.8) is 0 Å². The number of carbonyl (C=O) groups excluding carboxylic acids is 1. The minimum absolute atomic E-state index is 0.0830. The van der Waals surface area contributed by atoms with Crippen LogP contribution < -0.4 is 5.32 Å². The number of rotatable bonds is 7. The molecule has 4 nitrogen and oxygen atoms in total. The number of amides is 1. The van der Waals surface area contributed by atoms with Gasteiger partial charge in [-0.05, 0) is 18.6 Å². The molecule has 0 bridgehead atoms. The van der Waals surface area contributed by atoms with Crippen molar-refractivity contribution in [1.82, 2.24) is 10.3 Å². The number of aromatic amines is 1. The fraction of sp³-hybridized carbons (Fsp3) is 0.267. The summed E-state index contributed by atoms with van der Waals surface area (Å²) >= 11 is 0. The van der Waals surface area contributed by atoms with E-state index in [-0.39, 0.29) is 5.91 Å². The zero-order chi connectivity index (χ0) is 13.5. The van der Waals surface area contributed by atoms with Crippen molar-refractivity contribution in [2.24, 2.45) is 0 Å². The lowest BCUT2D eigenvalue weighted by Gasteiger charge is -2.06. The maximum atomic E-state index is 12.0. The van der Waals surface area contributed by atoms with Crippen LogP contribution >= 0.6 is 0 Å². The molecule has 2 rings (SSSR count). The summed E-state index contributed by atoms with van der Waals surface area (Å²) < 4.78 is 5.34. The molecule has 1 aromatic heterocycles. The van der Waals surface area contributed by atoms with Crippen LogP contribution in [0.4, 0.5) is 0 Å². The molecular weight excluding hydrogens is 240 g/mol. The summed E-state index contributed by atoms with van der Waals surface area (Å²) in [5, 5.41) is 3.88. The van der Waals surface area contributed by atoms with E-state index in [0.717, 1.165) is 17.3 Å². The fourth-order valence-electron chi connectivity index (χ4n) is 1.87. The zero-order valence-corrected chi connectivity index (χ0v) is 10.8. The first kappa shape index (κ1) is 13.4. The van der Waals surface area contributed by atoms with Crippen LogP contribution in [0, 0.1) is 0 Å². The van der Waals surface area contributed by atoms with Gasteiger partial charge in [-0.25, -0.2) is 0 Å². The van der Waals surface area contributed by atoms with Gasteiger partial charge in [0, 0.05) is 18.1 Å². The molecule has 2 N–H and O–H groups in total. The first-order valence-corrected chi connectivity index (χ1v) is 6.36. The van der Waals surface area contributed by atoms with Crippen LogP contribution in [0.3, 0.4) is 0 Å². The summed E-state index contributed by atoms with van der Waals surface area (Å²) in [7, 11) is 0. The van der Waals surface area contributed by atoms with Gasteiger partial charge in [-0.15, -0.1) is 6.58 Å². The summed E-state index contributed by atoms with van der Waals surface area (Å²) in [6.07, 6.45) is 4.47. The lowest BCUT2D eigenvalue weighted by molar-refractivity contribution is 0.0919. The number of ether oxygens (including phenoxy) is 1. The van der Waals surface area contributed by atoms with Crippen LogP contribution in [0.25, 0.3) is 10.9 Å². The van der Waals surface area contributed by atoms with E-state index in [0.29, 0.717) is 25.3 Å². The zero-order valence-electron chi connectivity index (χ0n) is 10.8. The predicted octanol–water partition coefficient (Wildman–Crippen LogP) is 2.49. The van der Waals surface area contributed by atoms with Gasteiger partial charge in [0.15, 0.2) is 0 Å². The Balaban J connectivity index is 1.86. The Labute approximate surface area is 112 Å². The molecule has 0 saturated carbocycles. The number of benzene rings is 1. The van der Waals surface area contributed by atoms with Crippen molar-refractivity contribution in [2.45, 2.75) is 6.42 Å². The molecule has 19 heavy (non-hydrogen) atoms. The molecule has 2 aromatic rings. The Bertz CT molecular complexity index is 560. The van der Waals surface area contributed by atoms with Gasteiger partial charge in [-0.3, -0.25) is 4.79 Å². The standard InChI is InChI=1S/C15H18N2O2/c1-2-3-10-19-11-9-17-15(18)13-6-4-5-12-7-8-16-14(12)13/h2,4-8,16H,1,3,9-11H2,(H,17,18). The largest absolute Gasteiger partial charge is 0.379 e. The smallest absolute Gasteiger partial charge is 0.253 e. The van der Waals surface area contributed by atoms with Crippen LogP contribution in [-0.4, -0.2) is 30.6 Å². The second kappa shape index (κ2) is 6.75. The van der Waals surface area contributed by atoms with Gasteiger partial charge < -0.3 is 15.0 Å². The van der Waals surface area contributed by atoms with Crippen molar-refractivity contribution < 1.29 is 9.53 Å². The molecular formula is C15H18N2O2. The van der Waals surface area contributed by atoms with Crippen LogP contribution in [0.15, 0.2) is 43.1 Å². The summed E-state index contributed by atoms with van der Waals surface area (Å²) in [6.45, 7) is 5.28. The number of nitrogens with one attached hydrogen (secondary N) is 2. The van der Waals surface area contributed by atoms with Crippen LogP contribution in [0.2, 0.25) is 0 Å². The Kier molecular flexibility index (Phi) is 4.75. The average molecular weight is 258 g/mol. The summed E-state index contributed by atoms with van der Waals surface area (Å²) in [4.78, 5) is 15.1. The predicted molar refractivity (Wildman–Crippen MR) is 76.3 cm³/mol. The third kappa shape index (κ3) is 3.45. The molecule has 1 heterocycles. The third-order valence-corrected chi connectivity index (χ3v) is 2.83. The molecule has 0 fully saturated rings. The Morgan fingerprint density at radius 3 is 3.11 bits per heavy atom. The van der Waals surface area contributed by atoms with Crippen LogP contribution in [0.5, 0.6) is 0 Å². The molecule has 0 radical (unpaired) electrons. The number of fused-ring (bicyclic) bond motifs is 1. The van der Waals surface area contributed by atoms with Gasteiger partial charge in [-0.2, -0.15) is 0 Å². The average Bonchev–Trinajstić information content (AvgIpc) is 2.90. The van der Waals surface area contributed by atoms with Gasteiger partial charge in [0.25, 0.3) is 5.91 Å². The lowest BCUT2D eigenvalue weighted by Crippen LogP contribution is -2.27. The van der Waals surface area contributed by atoms with E-state index in [1.54, 1.807) is 0 Å². The second-order valence-electron chi connectivity index (χ2n) is 4.19. The van der Waals surface area contributed by atoms with Gasteiger partial charge in [-0.1, -0.05) is 18.2 Å². The normalized spacial score (nSPS) is 10.5. The van der Waals surface area contributed by atoms with Crippen molar-refractivity contribution >= 4 is 16.8 Å². The van der Waals surface area contributed by atoms with Gasteiger partial charge in [0.2, 0.25) is 0 Å². The lowest BCUT2D eigenvalue weighted by atomic mass is 10.1.